The minimum absolute atomic E-state index is 0. The molecular weight excluding hydrogens is 212 g/mol. The molecule has 0 radical (unpaired) electrons. The number of halogens is 1. The van der Waals surface area contributed by atoms with Crippen LogP contribution in [0.15, 0.2) is 12.3 Å². The highest BCUT2D eigenvalue weighted by Gasteiger charge is 2.32. The van der Waals surface area contributed by atoms with Crippen molar-refractivity contribution in [2.24, 2.45) is 11.1 Å². The van der Waals surface area contributed by atoms with E-state index in [1.807, 2.05) is 6.07 Å². The fourth-order valence-corrected chi connectivity index (χ4v) is 2.04. The van der Waals surface area contributed by atoms with Crippen LogP contribution in [0.3, 0.4) is 0 Å². The number of nitrogens with one attached hydrogen (secondary N) is 1. The average molecular weight is 231 g/mol. The normalized spacial score (nSPS) is 26.5. The van der Waals surface area contributed by atoms with Crippen molar-refractivity contribution in [1.29, 1.82) is 0 Å². The molecule has 15 heavy (non-hydrogen) atoms. The van der Waals surface area contributed by atoms with Gasteiger partial charge in [0.25, 0.3) is 0 Å². The van der Waals surface area contributed by atoms with Crippen LogP contribution in [0.2, 0.25) is 0 Å². The number of hydrogen-bond donors (Lipinski definition) is 2. The Balaban J connectivity index is 0.00000112. The number of likely N-dealkylation sites (tertiary alicyclic amines) is 1. The van der Waals surface area contributed by atoms with Crippen LogP contribution in [0.4, 0.5) is 0 Å². The standard InChI is InChI=1S/C10H18N4.ClH/c1-10(7-11)3-5-14(8-10)6-9-2-4-12-13-9;/h2,4H,3,5-8,11H2,1H3,(H,12,13);1H. The van der Waals surface area contributed by atoms with Crippen LogP contribution in [-0.4, -0.2) is 34.7 Å². The van der Waals surface area contributed by atoms with Crippen LogP contribution in [0, 0.1) is 5.41 Å². The molecule has 1 aliphatic rings. The first-order chi connectivity index (χ1) is 6.72. The first kappa shape index (κ1) is 12.5. The number of hydrogen-bond acceptors (Lipinski definition) is 3. The number of H-pyrrole nitrogens is 1. The number of nitrogens with two attached hydrogens (primary N) is 1. The molecule has 0 bridgehead atoms. The monoisotopic (exact) mass is 230 g/mol. The second kappa shape index (κ2) is 4.96. The van der Waals surface area contributed by atoms with E-state index in [1.54, 1.807) is 6.20 Å². The molecule has 1 aliphatic heterocycles. The van der Waals surface area contributed by atoms with E-state index in [0.29, 0.717) is 5.41 Å². The minimum Gasteiger partial charge on any atom is -0.330 e. The number of aromatic amines is 1. The summed E-state index contributed by atoms with van der Waals surface area (Å²) in [6.45, 7) is 6.26. The molecule has 86 valence electrons. The van der Waals surface area contributed by atoms with Crippen LogP contribution in [-0.2, 0) is 6.54 Å². The third-order valence-electron chi connectivity index (χ3n) is 3.08. The lowest BCUT2D eigenvalue weighted by atomic mass is 9.90. The van der Waals surface area contributed by atoms with E-state index in [2.05, 4.69) is 22.0 Å². The summed E-state index contributed by atoms with van der Waals surface area (Å²) >= 11 is 0. The molecule has 4 nitrogen and oxygen atoms in total. The highest BCUT2D eigenvalue weighted by molar-refractivity contribution is 5.85. The zero-order valence-corrected chi connectivity index (χ0v) is 9.89. The summed E-state index contributed by atoms with van der Waals surface area (Å²) < 4.78 is 0. The van der Waals surface area contributed by atoms with Gasteiger partial charge in [-0.25, -0.2) is 0 Å². The van der Waals surface area contributed by atoms with Crippen molar-refractivity contribution in [2.75, 3.05) is 19.6 Å². The lowest BCUT2D eigenvalue weighted by Gasteiger charge is -2.22. The molecule has 0 amide bonds. The fourth-order valence-electron chi connectivity index (χ4n) is 2.04. The largest absolute Gasteiger partial charge is 0.330 e. The first-order valence-corrected chi connectivity index (χ1v) is 5.12. The maximum absolute atomic E-state index is 5.76. The minimum atomic E-state index is 0. The lowest BCUT2D eigenvalue weighted by Crippen LogP contribution is -2.31. The highest BCUT2D eigenvalue weighted by atomic mass is 35.5. The number of aromatic nitrogens is 2. The predicted octanol–water partition coefficient (Wildman–Crippen LogP) is 1.00. The second-order valence-corrected chi connectivity index (χ2v) is 4.56. The molecule has 0 aromatic carbocycles. The lowest BCUT2D eigenvalue weighted by molar-refractivity contribution is 0.272. The first-order valence-electron chi connectivity index (χ1n) is 5.12. The predicted molar refractivity (Wildman–Crippen MR) is 62.9 cm³/mol. The summed E-state index contributed by atoms with van der Waals surface area (Å²) in [5.74, 6) is 0. The van der Waals surface area contributed by atoms with Crippen molar-refractivity contribution in [1.82, 2.24) is 15.1 Å². The zero-order chi connectivity index (χ0) is 10.0. The molecule has 5 heteroatoms. The molecular formula is C10H19ClN4. The Hall–Kier alpha value is -0.580. The van der Waals surface area contributed by atoms with E-state index in [-0.39, 0.29) is 12.4 Å². The van der Waals surface area contributed by atoms with Gasteiger partial charge in [0.15, 0.2) is 0 Å². The summed E-state index contributed by atoms with van der Waals surface area (Å²) in [6.07, 6.45) is 3.01. The average Bonchev–Trinajstić information content (AvgIpc) is 2.78. The number of nitrogens with zero attached hydrogens (tertiary/aromatic N) is 2. The van der Waals surface area contributed by atoms with E-state index in [0.717, 1.165) is 26.2 Å². The Kier molecular flexibility index (Phi) is 4.13. The molecule has 1 aromatic heterocycles. The highest BCUT2D eigenvalue weighted by Crippen LogP contribution is 2.29. The maximum Gasteiger partial charge on any atom is 0.0492 e. The van der Waals surface area contributed by atoms with Gasteiger partial charge in [0, 0.05) is 25.0 Å². The molecule has 1 aromatic rings. The summed E-state index contributed by atoms with van der Waals surface area (Å²) in [5, 5.41) is 6.93. The van der Waals surface area contributed by atoms with E-state index in [4.69, 9.17) is 5.73 Å². The van der Waals surface area contributed by atoms with Gasteiger partial charge in [-0.15, -0.1) is 12.4 Å². The summed E-state index contributed by atoms with van der Waals surface area (Å²) in [7, 11) is 0. The van der Waals surface area contributed by atoms with Crippen molar-refractivity contribution in [3.05, 3.63) is 18.0 Å². The molecule has 0 aliphatic carbocycles. The van der Waals surface area contributed by atoms with Gasteiger partial charge in [-0.2, -0.15) is 5.10 Å². The van der Waals surface area contributed by atoms with Crippen LogP contribution in [0.5, 0.6) is 0 Å². The molecule has 0 spiro atoms. The van der Waals surface area contributed by atoms with Crippen molar-refractivity contribution in [3.8, 4) is 0 Å². The van der Waals surface area contributed by atoms with Crippen LogP contribution >= 0.6 is 12.4 Å². The van der Waals surface area contributed by atoms with Gasteiger partial charge >= 0.3 is 0 Å². The Morgan fingerprint density at radius 3 is 3.00 bits per heavy atom. The molecule has 2 rings (SSSR count). The molecule has 1 saturated heterocycles. The summed E-state index contributed by atoms with van der Waals surface area (Å²) in [4.78, 5) is 2.43. The molecule has 1 atom stereocenters. The molecule has 1 unspecified atom stereocenters. The Morgan fingerprint density at radius 2 is 2.47 bits per heavy atom. The van der Waals surface area contributed by atoms with Crippen LogP contribution in [0.25, 0.3) is 0 Å². The van der Waals surface area contributed by atoms with E-state index < -0.39 is 0 Å². The Labute approximate surface area is 96.6 Å². The second-order valence-electron chi connectivity index (χ2n) is 4.56. The van der Waals surface area contributed by atoms with Crippen molar-refractivity contribution >= 4 is 12.4 Å². The van der Waals surface area contributed by atoms with Gasteiger partial charge in [0.1, 0.15) is 0 Å². The summed E-state index contributed by atoms with van der Waals surface area (Å²) in [5.41, 5.74) is 7.26. The SMILES string of the molecule is CC1(CN)CCN(Cc2ccn[nH]2)C1.Cl. The van der Waals surface area contributed by atoms with Gasteiger partial charge in [-0.3, -0.25) is 10.00 Å². The third kappa shape index (κ3) is 2.93. The summed E-state index contributed by atoms with van der Waals surface area (Å²) in [6, 6.07) is 2.03. The van der Waals surface area contributed by atoms with Crippen LogP contribution in [0.1, 0.15) is 19.0 Å². The van der Waals surface area contributed by atoms with Gasteiger partial charge in [0.05, 0.1) is 0 Å². The molecule has 1 fully saturated rings. The van der Waals surface area contributed by atoms with Gasteiger partial charge in [0.2, 0.25) is 0 Å². The number of rotatable bonds is 3. The van der Waals surface area contributed by atoms with E-state index >= 15 is 0 Å². The molecule has 0 saturated carbocycles. The fraction of sp³-hybridized carbons (Fsp3) is 0.700. The van der Waals surface area contributed by atoms with E-state index in [1.165, 1.54) is 12.1 Å². The smallest absolute Gasteiger partial charge is 0.0492 e. The quantitative estimate of drug-likeness (QED) is 0.815. The Morgan fingerprint density at radius 1 is 1.67 bits per heavy atom. The molecule has 2 heterocycles. The Bertz CT molecular complexity index is 288. The van der Waals surface area contributed by atoms with Crippen LogP contribution < -0.4 is 5.73 Å². The van der Waals surface area contributed by atoms with Crippen molar-refractivity contribution in [3.63, 3.8) is 0 Å². The van der Waals surface area contributed by atoms with Gasteiger partial charge in [-0.05, 0) is 31.0 Å². The van der Waals surface area contributed by atoms with Gasteiger partial charge in [-0.1, -0.05) is 6.92 Å². The molecule has 3 N–H and O–H groups in total. The van der Waals surface area contributed by atoms with Crippen molar-refractivity contribution in [2.45, 2.75) is 19.9 Å². The third-order valence-corrected chi connectivity index (χ3v) is 3.08. The van der Waals surface area contributed by atoms with E-state index in [9.17, 15) is 0 Å². The zero-order valence-electron chi connectivity index (χ0n) is 9.07. The topological polar surface area (TPSA) is 57.9 Å². The van der Waals surface area contributed by atoms with Crippen molar-refractivity contribution < 1.29 is 0 Å². The maximum atomic E-state index is 5.76. The van der Waals surface area contributed by atoms with Gasteiger partial charge < -0.3 is 5.73 Å².